The molecule has 2 aliphatic rings. The SMILES string of the molecule is O=C(Cc1cccs1)NC1C(=O)N2C(C(=O)O)=C(CC#COc3cc(Cl)ccc3Oc3ccc(Cl)cc3Cl)CS[C@H]12. The van der Waals surface area contributed by atoms with Crippen LogP contribution in [0.15, 0.2) is 65.2 Å². The first-order valence-corrected chi connectivity index (χ1v) is 15.1. The number of thioether (sulfide) groups is 1. The number of hydrogen-bond donors (Lipinski definition) is 2. The monoisotopic (exact) mass is 648 g/mol. The third-order valence-electron chi connectivity index (χ3n) is 6.04. The van der Waals surface area contributed by atoms with Crippen LogP contribution in [-0.2, 0) is 20.8 Å². The van der Waals surface area contributed by atoms with Crippen molar-refractivity contribution in [2.45, 2.75) is 24.3 Å². The third-order valence-corrected chi connectivity index (χ3v) is 9.02. The molecule has 1 aromatic heterocycles. The minimum Gasteiger partial charge on any atom is -0.477 e. The molecule has 13 heteroatoms. The molecular weight excluding hydrogens is 631 g/mol. The van der Waals surface area contributed by atoms with Gasteiger partial charge in [-0.2, -0.15) is 0 Å². The van der Waals surface area contributed by atoms with Crippen molar-refractivity contribution in [2.24, 2.45) is 0 Å². The molecule has 2 aromatic carbocycles. The molecule has 1 fully saturated rings. The molecule has 2 aliphatic heterocycles. The summed E-state index contributed by atoms with van der Waals surface area (Å²) in [6.07, 6.45) is 2.76. The van der Waals surface area contributed by atoms with Crippen molar-refractivity contribution in [1.29, 1.82) is 0 Å². The largest absolute Gasteiger partial charge is 0.477 e. The Morgan fingerprint density at radius 1 is 1.07 bits per heavy atom. The van der Waals surface area contributed by atoms with Crippen LogP contribution in [0.3, 0.4) is 0 Å². The number of carbonyl (C=O) groups excluding carboxylic acids is 2. The molecule has 8 nitrogen and oxygen atoms in total. The number of carbonyl (C=O) groups is 3. The highest BCUT2D eigenvalue weighted by atomic mass is 35.5. The maximum Gasteiger partial charge on any atom is 0.352 e. The summed E-state index contributed by atoms with van der Waals surface area (Å²) in [6, 6.07) is 12.4. The molecule has 3 heterocycles. The molecule has 0 radical (unpaired) electrons. The number of hydrogen-bond acceptors (Lipinski definition) is 7. The highest BCUT2D eigenvalue weighted by Crippen LogP contribution is 2.41. The van der Waals surface area contributed by atoms with Gasteiger partial charge in [0.25, 0.3) is 5.91 Å². The summed E-state index contributed by atoms with van der Waals surface area (Å²) >= 11 is 21.1. The van der Waals surface area contributed by atoms with Crippen LogP contribution in [-0.4, -0.2) is 45.0 Å². The minimum atomic E-state index is -1.24. The van der Waals surface area contributed by atoms with Crippen LogP contribution in [0.4, 0.5) is 0 Å². The number of halogens is 3. The van der Waals surface area contributed by atoms with E-state index in [1.807, 2.05) is 17.5 Å². The van der Waals surface area contributed by atoms with Crippen molar-refractivity contribution in [1.82, 2.24) is 10.2 Å². The summed E-state index contributed by atoms with van der Waals surface area (Å²) in [5.74, 6) is 2.00. The first-order valence-electron chi connectivity index (χ1n) is 12.0. The molecule has 41 heavy (non-hydrogen) atoms. The Labute approximate surface area is 258 Å². The van der Waals surface area contributed by atoms with E-state index >= 15 is 0 Å². The molecule has 2 amide bonds. The number of benzene rings is 2. The highest BCUT2D eigenvalue weighted by molar-refractivity contribution is 8.00. The Balaban J connectivity index is 1.26. The summed E-state index contributed by atoms with van der Waals surface area (Å²) in [7, 11) is 0. The number of fused-ring (bicyclic) bond motifs is 1. The van der Waals surface area contributed by atoms with Gasteiger partial charge in [0.1, 0.15) is 29.0 Å². The Hall–Kier alpha value is -3.33. The zero-order valence-electron chi connectivity index (χ0n) is 20.9. The van der Waals surface area contributed by atoms with E-state index in [0.717, 1.165) is 4.88 Å². The number of nitrogens with zero attached hydrogens (tertiary/aromatic N) is 1. The average molecular weight is 650 g/mol. The maximum atomic E-state index is 12.9. The fourth-order valence-electron chi connectivity index (χ4n) is 4.17. The molecule has 2 atom stereocenters. The first-order chi connectivity index (χ1) is 19.7. The number of carboxylic acids is 1. The summed E-state index contributed by atoms with van der Waals surface area (Å²) in [5, 5.41) is 15.1. The van der Waals surface area contributed by atoms with Crippen molar-refractivity contribution in [3.05, 3.63) is 85.1 Å². The Kier molecular flexibility index (Phi) is 9.02. The normalized spacial score (nSPS) is 17.6. The van der Waals surface area contributed by atoms with Crippen LogP contribution in [0.25, 0.3) is 0 Å². The Bertz CT molecular complexity index is 1620. The van der Waals surface area contributed by atoms with Gasteiger partial charge >= 0.3 is 5.97 Å². The van der Waals surface area contributed by atoms with Crippen molar-refractivity contribution >= 4 is 75.7 Å². The number of aliphatic carboxylic acids is 1. The first kappa shape index (κ1) is 29.2. The van der Waals surface area contributed by atoms with E-state index in [9.17, 15) is 19.5 Å². The molecule has 210 valence electrons. The van der Waals surface area contributed by atoms with E-state index in [-0.39, 0.29) is 30.2 Å². The Morgan fingerprint density at radius 3 is 2.54 bits per heavy atom. The van der Waals surface area contributed by atoms with Crippen molar-refractivity contribution in [3.63, 3.8) is 0 Å². The zero-order valence-corrected chi connectivity index (χ0v) is 24.8. The quantitative estimate of drug-likeness (QED) is 0.221. The molecule has 2 N–H and O–H groups in total. The van der Waals surface area contributed by atoms with Crippen LogP contribution in [0.1, 0.15) is 11.3 Å². The number of β-lactam (4-membered cyclic amide) rings is 1. The van der Waals surface area contributed by atoms with E-state index in [4.69, 9.17) is 44.3 Å². The van der Waals surface area contributed by atoms with Crippen LogP contribution in [0.5, 0.6) is 17.2 Å². The van der Waals surface area contributed by atoms with E-state index in [0.29, 0.717) is 37.9 Å². The molecule has 0 bridgehead atoms. The molecule has 0 aliphatic carbocycles. The highest BCUT2D eigenvalue weighted by Gasteiger charge is 2.54. The van der Waals surface area contributed by atoms with Gasteiger partial charge in [-0.15, -0.1) is 23.1 Å². The second kappa shape index (κ2) is 12.7. The number of amides is 2. The lowest BCUT2D eigenvalue weighted by atomic mass is 10.0. The zero-order chi connectivity index (χ0) is 29.1. The molecule has 5 rings (SSSR count). The summed E-state index contributed by atoms with van der Waals surface area (Å²) in [6.45, 7) is 0. The lowest BCUT2D eigenvalue weighted by Gasteiger charge is -2.49. The average Bonchev–Trinajstić information content (AvgIpc) is 3.44. The number of thiophene rings is 1. The fourth-order valence-corrected chi connectivity index (χ4v) is 6.83. The number of nitrogens with one attached hydrogen (secondary N) is 1. The van der Waals surface area contributed by atoms with Gasteiger partial charge < -0.3 is 19.9 Å². The predicted molar refractivity (Wildman–Crippen MR) is 159 cm³/mol. The maximum absolute atomic E-state index is 12.9. The van der Waals surface area contributed by atoms with Gasteiger partial charge in [0, 0.05) is 33.2 Å². The van der Waals surface area contributed by atoms with Crippen LogP contribution < -0.4 is 14.8 Å². The molecule has 1 saturated heterocycles. The standard InChI is InChI=1S/C28H19Cl3N2O6S2/c29-16-5-7-20(19(31)11-16)39-21-8-6-17(30)12-22(21)38-9-1-3-15-14-41-27-24(26(35)33(27)25(15)28(36)37)32-23(34)13-18-4-2-10-40-18/h2,4-8,10-12,24,27H,3,13-14H2,(H,32,34)(H,36,37)/t24?,27-/m1/s1. The van der Waals surface area contributed by atoms with Gasteiger partial charge in [0.2, 0.25) is 5.91 Å². The van der Waals surface area contributed by atoms with Gasteiger partial charge in [0.05, 0.1) is 11.4 Å². The third kappa shape index (κ3) is 6.61. The van der Waals surface area contributed by atoms with E-state index < -0.39 is 23.3 Å². The van der Waals surface area contributed by atoms with Crippen molar-refractivity contribution in [2.75, 3.05) is 5.75 Å². The van der Waals surface area contributed by atoms with Gasteiger partial charge in [-0.1, -0.05) is 46.8 Å². The molecule has 0 saturated carbocycles. The summed E-state index contributed by atoms with van der Waals surface area (Å²) in [5.41, 5.74) is 0.336. The van der Waals surface area contributed by atoms with Gasteiger partial charge in [-0.05, 0) is 47.4 Å². The van der Waals surface area contributed by atoms with Crippen molar-refractivity contribution in [3.8, 4) is 29.3 Å². The molecule has 3 aromatic rings. The van der Waals surface area contributed by atoms with Crippen molar-refractivity contribution < 1.29 is 29.0 Å². The van der Waals surface area contributed by atoms with Gasteiger partial charge in [0.15, 0.2) is 11.5 Å². The summed E-state index contributed by atoms with van der Waals surface area (Å²) in [4.78, 5) is 39.5. The topological polar surface area (TPSA) is 105 Å². The predicted octanol–water partition coefficient (Wildman–Crippen LogP) is 6.21. The fraction of sp³-hybridized carbons (Fsp3) is 0.179. The van der Waals surface area contributed by atoms with E-state index in [2.05, 4.69) is 17.3 Å². The van der Waals surface area contributed by atoms with Gasteiger partial charge in [-0.3, -0.25) is 14.5 Å². The molecule has 0 spiro atoms. The van der Waals surface area contributed by atoms with Crippen LogP contribution >= 0.6 is 57.9 Å². The van der Waals surface area contributed by atoms with Crippen LogP contribution in [0.2, 0.25) is 15.1 Å². The number of ether oxygens (including phenoxy) is 2. The van der Waals surface area contributed by atoms with E-state index in [1.54, 1.807) is 30.3 Å². The lowest BCUT2D eigenvalue weighted by Crippen LogP contribution is -2.70. The second-order valence-corrected chi connectivity index (χ2v) is 12.2. The molecule has 1 unspecified atom stereocenters. The summed E-state index contributed by atoms with van der Waals surface area (Å²) < 4.78 is 11.4. The van der Waals surface area contributed by atoms with Gasteiger partial charge in [-0.25, -0.2) is 4.79 Å². The number of carboxylic acid groups (broad SMARTS) is 1. The smallest absolute Gasteiger partial charge is 0.352 e. The minimum absolute atomic E-state index is 0.0420. The molecular formula is C28H19Cl3N2O6S2. The second-order valence-electron chi connectivity index (χ2n) is 8.79. The van der Waals surface area contributed by atoms with E-state index in [1.165, 1.54) is 34.1 Å². The number of rotatable bonds is 8. The lowest BCUT2D eigenvalue weighted by molar-refractivity contribution is -0.150. The Morgan fingerprint density at radius 2 is 1.83 bits per heavy atom. The van der Waals surface area contributed by atoms with Crippen LogP contribution in [0, 0.1) is 12.0 Å².